The second-order valence-corrected chi connectivity index (χ2v) is 7.92. The molecule has 0 aromatic carbocycles. The molecule has 0 N–H and O–H groups in total. The van der Waals surface area contributed by atoms with Gasteiger partial charge in [0.05, 0.1) is 0 Å². The molecular formula is C13H16IN2OS2+. The van der Waals surface area contributed by atoms with Gasteiger partial charge in [0.25, 0.3) is 5.88 Å². The first-order chi connectivity index (χ1) is 9.15. The van der Waals surface area contributed by atoms with E-state index in [1.165, 1.54) is 15.8 Å². The Morgan fingerprint density at radius 1 is 1.53 bits per heavy atom. The second kappa shape index (κ2) is 5.37. The van der Waals surface area contributed by atoms with Crippen molar-refractivity contribution in [2.24, 2.45) is 0 Å². The number of thiophene rings is 1. The van der Waals surface area contributed by atoms with Gasteiger partial charge in [0.2, 0.25) is 4.83 Å². The predicted octanol–water partition coefficient (Wildman–Crippen LogP) is 3.51. The number of thioether (sulfide) groups is 1. The molecule has 19 heavy (non-hydrogen) atoms. The maximum absolute atomic E-state index is 6.16. The molecule has 1 aliphatic rings. The van der Waals surface area contributed by atoms with Gasteiger partial charge < -0.3 is 4.74 Å². The molecule has 0 bridgehead atoms. The zero-order valence-corrected chi connectivity index (χ0v) is 15.0. The standard InChI is InChI=1S/C13H16IN2OS2/c1-4-18-13-15-11-10(7(2)8(3)19-11)12-16(13)6-9(5-14)17-12/h9H,4-6H2,1-3H3/q+1/t9-/m1/s1. The van der Waals surface area contributed by atoms with E-state index in [0.717, 1.165) is 32.6 Å². The fraction of sp³-hybridized carbons (Fsp3) is 0.538. The fourth-order valence-corrected chi connectivity index (χ4v) is 4.57. The number of aryl methyl sites for hydroxylation is 2. The van der Waals surface area contributed by atoms with Crippen molar-refractivity contribution in [2.45, 2.75) is 38.6 Å². The van der Waals surface area contributed by atoms with Crippen LogP contribution in [0.5, 0.6) is 5.88 Å². The van der Waals surface area contributed by atoms with Gasteiger partial charge in [-0.25, -0.2) is 0 Å². The smallest absolute Gasteiger partial charge is 0.363 e. The van der Waals surface area contributed by atoms with E-state index in [2.05, 4.69) is 47.9 Å². The summed E-state index contributed by atoms with van der Waals surface area (Å²) < 4.78 is 9.44. The van der Waals surface area contributed by atoms with E-state index in [0.29, 0.717) is 0 Å². The molecule has 3 nitrogen and oxygen atoms in total. The van der Waals surface area contributed by atoms with Crippen LogP contribution < -0.4 is 9.30 Å². The van der Waals surface area contributed by atoms with E-state index in [-0.39, 0.29) is 6.10 Å². The topological polar surface area (TPSA) is 26.0 Å². The molecule has 1 aliphatic heterocycles. The molecule has 1 atom stereocenters. The highest BCUT2D eigenvalue weighted by molar-refractivity contribution is 14.1. The molecule has 3 heterocycles. The highest BCUT2D eigenvalue weighted by Crippen LogP contribution is 2.37. The molecule has 102 valence electrons. The maximum atomic E-state index is 6.16. The molecule has 0 fully saturated rings. The third-order valence-electron chi connectivity index (χ3n) is 3.36. The first-order valence-electron chi connectivity index (χ1n) is 6.34. The number of rotatable bonds is 3. The maximum Gasteiger partial charge on any atom is 0.363 e. The lowest BCUT2D eigenvalue weighted by Crippen LogP contribution is -2.36. The van der Waals surface area contributed by atoms with Crippen LogP contribution in [0.1, 0.15) is 17.4 Å². The third kappa shape index (κ3) is 2.25. The quantitative estimate of drug-likeness (QED) is 0.256. The van der Waals surface area contributed by atoms with Crippen LogP contribution in [0.3, 0.4) is 0 Å². The summed E-state index contributed by atoms with van der Waals surface area (Å²) in [5.74, 6) is 2.07. The number of hydrogen-bond donors (Lipinski definition) is 0. The molecule has 2 aromatic heterocycles. The van der Waals surface area contributed by atoms with Gasteiger partial charge in [-0.2, -0.15) is 4.57 Å². The van der Waals surface area contributed by atoms with Gasteiger partial charge >= 0.3 is 5.16 Å². The lowest BCUT2D eigenvalue weighted by molar-refractivity contribution is -0.720. The summed E-state index contributed by atoms with van der Waals surface area (Å²) in [6.07, 6.45) is 0.281. The van der Waals surface area contributed by atoms with Gasteiger partial charge in [0.1, 0.15) is 18.0 Å². The summed E-state index contributed by atoms with van der Waals surface area (Å²) in [7, 11) is 0. The van der Waals surface area contributed by atoms with E-state index in [4.69, 9.17) is 9.72 Å². The van der Waals surface area contributed by atoms with Crippen molar-refractivity contribution in [3.63, 3.8) is 0 Å². The van der Waals surface area contributed by atoms with Crippen LogP contribution in [0.4, 0.5) is 0 Å². The molecule has 0 saturated heterocycles. The Morgan fingerprint density at radius 3 is 3.00 bits per heavy atom. The molecule has 0 radical (unpaired) electrons. The van der Waals surface area contributed by atoms with E-state index in [9.17, 15) is 0 Å². The monoisotopic (exact) mass is 407 g/mol. The van der Waals surface area contributed by atoms with Crippen molar-refractivity contribution in [1.82, 2.24) is 4.98 Å². The number of ether oxygens (including phenoxy) is 1. The highest BCUT2D eigenvalue weighted by atomic mass is 127. The predicted molar refractivity (Wildman–Crippen MR) is 89.0 cm³/mol. The van der Waals surface area contributed by atoms with Crippen LogP contribution in [-0.2, 0) is 6.54 Å². The largest absolute Gasteiger partial charge is 0.453 e. The minimum Gasteiger partial charge on any atom is -0.453 e. The van der Waals surface area contributed by atoms with Gasteiger partial charge in [-0.05, 0) is 36.2 Å². The van der Waals surface area contributed by atoms with Crippen LogP contribution in [0, 0.1) is 13.8 Å². The number of hydrogen-bond acceptors (Lipinski definition) is 4. The molecule has 0 spiro atoms. The van der Waals surface area contributed by atoms with Crippen molar-refractivity contribution >= 4 is 55.9 Å². The van der Waals surface area contributed by atoms with Crippen LogP contribution in [0.25, 0.3) is 10.2 Å². The number of aromatic nitrogens is 2. The van der Waals surface area contributed by atoms with E-state index in [1.807, 2.05) is 0 Å². The number of nitrogens with zero attached hydrogens (tertiary/aromatic N) is 2. The summed E-state index contributed by atoms with van der Waals surface area (Å²) in [4.78, 5) is 7.30. The summed E-state index contributed by atoms with van der Waals surface area (Å²) in [5, 5.41) is 2.31. The SMILES string of the molecule is CCSc1nc2sc(C)c(C)c2c2[n+]1C[C@@H](CI)O2. The Hall–Kier alpha value is -0.0800. The van der Waals surface area contributed by atoms with Crippen molar-refractivity contribution in [1.29, 1.82) is 0 Å². The Morgan fingerprint density at radius 2 is 2.32 bits per heavy atom. The molecule has 0 aliphatic carbocycles. The number of halogens is 1. The molecular weight excluding hydrogens is 391 g/mol. The van der Waals surface area contributed by atoms with Crippen LogP contribution in [0.2, 0.25) is 0 Å². The van der Waals surface area contributed by atoms with E-state index in [1.54, 1.807) is 23.1 Å². The van der Waals surface area contributed by atoms with Gasteiger partial charge in [0, 0.05) is 15.1 Å². The molecule has 0 saturated carbocycles. The Kier molecular flexibility index (Phi) is 3.92. The van der Waals surface area contributed by atoms with E-state index >= 15 is 0 Å². The summed E-state index contributed by atoms with van der Waals surface area (Å²) >= 11 is 5.97. The van der Waals surface area contributed by atoms with Crippen molar-refractivity contribution in [3.05, 3.63) is 10.4 Å². The average molecular weight is 407 g/mol. The first-order valence-corrected chi connectivity index (χ1v) is 9.67. The van der Waals surface area contributed by atoms with Crippen molar-refractivity contribution < 1.29 is 9.30 Å². The molecule has 2 aromatic rings. The Balaban J connectivity index is 2.25. The van der Waals surface area contributed by atoms with Crippen LogP contribution in [-0.4, -0.2) is 21.3 Å². The number of alkyl halides is 1. The first kappa shape index (κ1) is 13.9. The second-order valence-electron chi connectivity index (χ2n) is 4.60. The van der Waals surface area contributed by atoms with Gasteiger partial charge in [-0.15, -0.1) is 0 Å². The number of fused-ring (bicyclic) bond motifs is 3. The van der Waals surface area contributed by atoms with E-state index < -0.39 is 0 Å². The van der Waals surface area contributed by atoms with Gasteiger partial charge in [-0.1, -0.05) is 40.9 Å². The summed E-state index contributed by atoms with van der Waals surface area (Å²) in [6, 6.07) is 0. The minimum absolute atomic E-state index is 0.281. The molecule has 0 unspecified atom stereocenters. The van der Waals surface area contributed by atoms with Crippen molar-refractivity contribution in [2.75, 3.05) is 10.2 Å². The minimum atomic E-state index is 0.281. The lowest BCUT2D eigenvalue weighted by atomic mass is 10.2. The Labute approximate surface area is 134 Å². The molecule has 0 amide bonds. The van der Waals surface area contributed by atoms with Crippen molar-refractivity contribution in [3.8, 4) is 5.88 Å². The normalized spacial score (nSPS) is 17.8. The fourth-order valence-electron chi connectivity index (χ4n) is 2.31. The summed E-state index contributed by atoms with van der Waals surface area (Å²) in [6.45, 7) is 7.43. The molecule has 6 heteroatoms. The summed E-state index contributed by atoms with van der Waals surface area (Å²) in [5.41, 5.74) is 1.32. The zero-order valence-electron chi connectivity index (χ0n) is 11.2. The third-order valence-corrected chi connectivity index (χ3v) is 6.31. The van der Waals surface area contributed by atoms with Gasteiger partial charge in [0.15, 0.2) is 0 Å². The zero-order chi connectivity index (χ0) is 13.6. The Bertz CT molecular complexity index is 641. The van der Waals surface area contributed by atoms with Gasteiger partial charge in [-0.3, -0.25) is 0 Å². The van der Waals surface area contributed by atoms with Crippen LogP contribution in [0.15, 0.2) is 5.16 Å². The lowest BCUT2D eigenvalue weighted by Gasteiger charge is -2.01. The van der Waals surface area contributed by atoms with Crippen LogP contribution >= 0.6 is 45.7 Å². The highest BCUT2D eigenvalue weighted by Gasteiger charge is 2.35. The molecule has 3 rings (SSSR count). The average Bonchev–Trinajstić information content (AvgIpc) is 2.92.